The number of nitrogens with zero attached hydrogens (tertiary/aromatic N) is 4. The Balaban J connectivity index is 1.69. The standard InChI is InChI=1S/C13H12N4O3S2/c1-19-12(18)10-4-5-20-11(10)8-22-13-14-15-16-17(13)7-9-3-2-6-21-9/h2-6H,7-8H2,1H3. The zero-order valence-corrected chi connectivity index (χ0v) is 13.3. The van der Waals surface area contributed by atoms with Crippen LogP contribution in [-0.2, 0) is 17.0 Å². The Kier molecular flexibility index (Phi) is 4.54. The Morgan fingerprint density at radius 1 is 1.50 bits per heavy atom. The molecule has 0 N–H and O–H groups in total. The van der Waals surface area contributed by atoms with E-state index in [9.17, 15) is 4.79 Å². The van der Waals surface area contributed by atoms with Crippen LogP contribution >= 0.6 is 23.1 Å². The summed E-state index contributed by atoms with van der Waals surface area (Å²) in [5, 5.41) is 14.4. The summed E-state index contributed by atoms with van der Waals surface area (Å²) in [6.07, 6.45) is 1.47. The maximum Gasteiger partial charge on any atom is 0.341 e. The SMILES string of the molecule is COC(=O)c1ccoc1CSc1nnnn1Cc1cccs1. The van der Waals surface area contributed by atoms with Crippen molar-refractivity contribution in [3.63, 3.8) is 0 Å². The highest BCUT2D eigenvalue weighted by atomic mass is 32.2. The van der Waals surface area contributed by atoms with Gasteiger partial charge in [0.1, 0.15) is 11.3 Å². The number of carbonyl (C=O) groups is 1. The highest BCUT2D eigenvalue weighted by Crippen LogP contribution is 2.24. The van der Waals surface area contributed by atoms with Crippen LogP contribution in [0.5, 0.6) is 0 Å². The fourth-order valence-corrected chi connectivity index (χ4v) is 3.34. The number of furan rings is 1. The van der Waals surface area contributed by atoms with Gasteiger partial charge in [0.15, 0.2) is 0 Å². The number of tetrazole rings is 1. The minimum atomic E-state index is -0.414. The molecule has 0 atom stereocenters. The van der Waals surface area contributed by atoms with Crippen LogP contribution < -0.4 is 0 Å². The molecule has 0 aliphatic rings. The van der Waals surface area contributed by atoms with Gasteiger partial charge < -0.3 is 9.15 Å². The number of aromatic nitrogens is 4. The minimum Gasteiger partial charge on any atom is -0.468 e. The van der Waals surface area contributed by atoms with E-state index < -0.39 is 5.97 Å². The lowest BCUT2D eigenvalue weighted by Crippen LogP contribution is -2.04. The number of hydrogen-bond acceptors (Lipinski definition) is 8. The van der Waals surface area contributed by atoms with Crippen LogP contribution in [-0.4, -0.2) is 33.3 Å². The zero-order valence-electron chi connectivity index (χ0n) is 11.6. The number of methoxy groups -OCH3 is 1. The van der Waals surface area contributed by atoms with Crippen LogP contribution in [0.4, 0.5) is 0 Å². The van der Waals surface area contributed by atoms with E-state index in [1.807, 2.05) is 17.5 Å². The monoisotopic (exact) mass is 336 g/mol. The van der Waals surface area contributed by atoms with Crippen molar-refractivity contribution < 1.29 is 13.9 Å². The number of hydrogen-bond donors (Lipinski definition) is 0. The van der Waals surface area contributed by atoms with Crippen LogP contribution in [0.2, 0.25) is 0 Å². The molecule has 0 spiro atoms. The predicted octanol–water partition coefficient (Wildman–Crippen LogP) is 2.45. The van der Waals surface area contributed by atoms with Gasteiger partial charge in [-0.05, 0) is 27.9 Å². The fraction of sp³-hybridized carbons (Fsp3) is 0.231. The van der Waals surface area contributed by atoms with Crippen molar-refractivity contribution in [3.05, 3.63) is 46.0 Å². The molecule has 114 valence electrons. The molecule has 7 nitrogen and oxygen atoms in total. The maximum absolute atomic E-state index is 11.6. The Hall–Kier alpha value is -2.13. The van der Waals surface area contributed by atoms with Crippen molar-refractivity contribution >= 4 is 29.1 Å². The molecule has 0 aliphatic heterocycles. The molecule has 3 aromatic heterocycles. The van der Waals surface area contributed by atoms with Crippen LogP contribution in [0, 0.1) is 0 Å². The Labute approximate surface area is 134 Å². The quantitative estimate of drug-likeness (QED) is 0.505. The zero-order chi connectivity index (χ0) is 15.4. The second-order valence-electron chi connectivity index (χ2n) is 4.24. The van der Waals surface area contributed by atoms with Gasteiger partial charge in [-0.2, -0.15) is 0 Å². The molecular weight excluding hydrogens is 324 g/mol. The topological polar surface area (TPSA) is 83.0 Å². The van der Waals surface area contributed by atoms with Crippen molar-refractivity contribution in [1.29, 1.82) is 0 Å². The van der Waals surface area contributed by atoms with Crippen LogP contribution in [0.1, 0.15) is 21.0 Å². The third-order valence-electron chi connectivity index (χ3n) is 2.87. The van der Waals surface area contributed by atoms with Gasteiger partial charge in [-0.1, -0.05) is 17.8 Å². The first-order valence-electron chi connectivity index (χ1n) is 6.34. The van der Waals surface area contributed by atoms with Crippen molar-refractivity contribution in [1.82, 2.24) is 20.2 Å². The molecule has 3 aromatic rings. The molecule has 0 aromatic carbocycles. The van der Waals surface area contributed by atoms with E-state index in [2.05, 4.69) is 15.5 Å². The summed E-state index contributed by atoms with van der Waals surface area (Å²) in [7, 11) is 1.34. The number of esters is 1. The molecule has 0 fully saturated rings. The third kappa shape index (κ3) is 3.20. The average molecular weight is 336 g/mol. The molecule has 0 bridgehead atoms. The highest BCUT2D eigenvalue weighted by Gasteiger charge is 2.17. The van der Waals surface area contributed by atoms with E-state index in [0.717, 1.165) is 0 Å². The molecule has 0 amide bonds. The maximum atomic E-state index is 11.6. The first kappa shape index (κ1) is 14.8. The highest BCUT2D eigenvalue weighted by molar-refractivity contribution is 7.98. The third-order valence-corrected chi connectivity index (χ3v) is 4.69. The van der Waals surface area contributed by atoms with E-state index in [1.165, 1.54) is 30.0 Å². The molecule has 0 radical (unpaired) electrons. The Morgan fingerprint density at radius 3 is 3.18 bits per heavy atom. The smallest absolute Gasteiger partial charge is 0.341 e. The van der Waals surface area contributed by atoms with Crippen LogP contribution in [0.25, 0.3) is 0 Å². The summed E-state index contributed by atoms with van der Waals surface area (Å²) in [5.74, 6) is 0.576. The van der Waals surface area contributed by atoms with Crippen molar-refractivity contribution in [2.45, 2.75) is 17.5 Å². The number of carbonyl (C=O) groups excluding carboxylic acids is 1. The number of ether oxygens (including phenoxy) is 1. The second-order valence-corrected chi connectivity index (χ2v) is 6.21. The first-order chi connectivity index (χ1) is 10.8. The van der Waals surface area contributed by atoms with Gasteiger partial charge in [-0.25, -0.2) is 9.48 Å². The van der Waals surface area contributed by atoms with E-state index in [-0.39, 0.29) is 0 Å². The lowest BCUT2D eigenvalue weighted by Gasteiger charge is -2.03. The lowest BCUT2D eigenvalue weighted by molar-refractivity contribution is 0.0598. The van der Waals surface area contributed by atoms with E-state index in [0.29, 0.717) is 28.8 Å². The number of thioether (sulfide) groups is 1. The molecule has 9 heteroatoms. The molecule has 3 rings (SSSR count). The first-order valence-corrected chi connectivity index (χ1v) is 8.20. The molecule has 0 saturated carbocycles. The summed E-state index contributed by atoms with van der Waals surface area (Å²) >= 11 is 3.05. The van der Waals surface area contributed by atoms with Gasteiger partial charge >= 0.3 is 5.97 Å². The van der Waals surface area contributed by atoms with Crippen molar-refractivity contribution in [2.75, 3.05) is 7.11 Å². The number of rotatable bonds is 6. The summed E-state index contributed by atoms with van der Waals surface area (Å²) in [6, 6.07) is 5.61. The molecule has 0 unspecified atom stereocenters. The lowest BCUT2D eigenvalue weighted by atomic mass is 10.3. The van der Waals surface area contributed by atoms with Crippen LogP contribution in [0.3, 0.4) is 0 Å². The van der Waals surface area contributed by atoms with Gasteiger partial charge in [0, 0.05) is 4.88 Å². The van der Waals surface area contributed by atoms with Crippen molar-refractivity contribution in [2.24, 2.45) is 0 Å². The molecule has 0 saturated heterocycles. The van der Waals surface area contributed by atoms with Gasteiger partial charge in [0.25, 0.3) is 0 Å². The van der Waals surface area contributed by atoms with Gasteiger partial charge in [-0.3, -0.25) is 0 Å². The van der Waals surface area contributed by atoms with Crippen molar-refractivity contribution in [3.8, 4) is 0 Å². The molecule has 0 aliphatic carbocycles. The predicted molar refractivity (Wildman–Crippen MR) is 80.8 cm³/mol. The van der Waals surface area contributed by atoms with Gasteiger partial charge in [0.05, 0.1) is 25.7 Å². The molecular formula is C13H12N4O3S2. The number of thiophene rings is 1. The largest absolute Gasteiger partial charge is 0.468 e. The summed E-state index contributed by atoms with van der Waals surface area (Å²) < 4.78 is 11.8. The fourth-order valence-electron chi connectivity index (χ4n) is 1.82. The van der Waals surface area contributed by atoms with Gasteiger partial charge in [-0.15, -0.1) is 16.4 Å². The summed E-state index contributed by atoms with van der Waals surface area (Å²) in [5.41, 5.74) is 0.423. The van der Waals surface area contributed by atoms with E-state index in [1.54, 1.807) is 22.1 Å². The Morgan fingerprint density at radius 2 is 2.41 bits per heavy atom. The average Bonchev–Trinajstić information content (AvgIpc) is 3.26. The molecule has 22 heavy (non-hydrogen) atoms. The second kappa shape index (κ2) is 6.75. The minimum absolute atomic E-state index is 0.414. The normalized spacial score (nSPS) is 10.8. The van der Waals surface area contributed by atoms with E-state index >= 15 is 0 Å². The van der Waals surface area contributed by atoms with E-state index in [4.69, 9.17) is 9.15 Å². The van der Waals surface area contributed by atoms with Crippen LogP contribution in [0.15, 0.2) is 39.4 Å². The summed E-state index contributed by atoms with van der Waals surface area (Å²) in [4.78, 5) is 12.8. The molecule has 3 heterocycles. The van der Waals surface area contributed by atoms with Gasteiger partial charge in [0.2, 0.25) is 5.16 Å². The Bertz CT molecular complexity index is 751. The summed E-state index contributed by atoms with van der Waals surface area (Å²) in [6.45, 7) is 0.620.